The van der Waals surface area contributed by atoms with Crippen LogP contribution < -0.4 is 0 Å². The number of carboxylic acids is 1. The number of aliphatic carboxylic acids is 1. The van der Waals surface area contributed by atoms with Crippen LogP contribution in [0.5, 0.6) is 0 Å². The van der Waals surface area contributed by atoms with Gasteiger partial charge in [0.2, 0.25) is 0 Å². The molecule has 0 aromatic heterocycles. The Hall–Kier alpha value is 7.21. The van der Waals surface area contributed by atoms with E-state index >= 15 is 0 Å². The summed E-state index contributed by atoms with van der Waals surface area (Å²) in [5.74, 6) is -1.19. The number of aliphatic hydroxyl groups excluding tert-OH is 1. The molecule has 124 valence electrons. The third-order valence-corrected chi connectivity index (χ3v) is 0.357. The van der Waals surface area contributed by atoms with E-state index in [0.29, 0.717) is 0 Å². The van der Waals surface area contributed by atoms with E-state index in [1.807, 2.05) is 0 Å². The summed E-state index contributed by atoms with van der Waals surface area (Å²) in [5.41, 5.74) is 0. The molecule has 0 bridgehead atoms. The number of carboxylic acid groups (broad SMARTS) is 1. The van der Waals surface area contributed by atoms with Gasteiger partial charge in [-0.25, -0.2) is 13.9 Å². The van der Waals surface area contributed by atoms with Crippen molar-refractivity contribution in [2.75, 3.05) is 0 Å². The first-order valence-corrected chi connectivity index (χ1v) is 6.25. The molecule has 0 saturated carbocycles. The average Bonchev–Trinajstić information content (AvgIpc) is 1.77. The minimum Gasteiger partial charge on any atom is -1.00 e. The second kappa shape index (κ2) is 32.9. The fourth-order valence-corrected chi connectivity index (χ4v) is 0. The standard InChI is InChI=1S/C3H6O3.6Ca.2H3O4P.12H/c1-2(4)3(5)6;;;;;;;2*1-5(2,3)4;;;;;;;;;;;;/h2,4H,1H3,(H,5,6);;;;;;;2*(H3,1,2,3,4);;;;;;;;;;;;/q;6*+2;;;12*-1. The molecule has 0 saturated heterocycles. The molecule has 11 nitrogen and oxygen atoms in total. The van der Waals surface area contributed by atoms with E-state index in [2.05, 4.69) is 0 Å². The first-order chi connectivity index (χ1) is 6.64. The maximum atomic E-state index is 9.45. The molecule has 0 radical (unpaired) electrons. The quantitative estimate of drug-likeness (QED) is 0.122. The minimum absolute atomic E-state index is 0. The van der Waals surface area contributed by atoms with Gasteiger partial charge in [-0.3, -0.25) is 0 Å². The summed E-state index contributed by atoms with van der Waals surface area (Å²) >= 11 is 0. The third-order valence-electron chi connectivity index (χ3n) is 0.357. The molecule has 0 rings (SSSR count). The summed E-state index contributed by atoms with van der Waals surface area (Å²) in [6.07, 6.45) is -1.23. The third kappa shape index (κ3) is 149. The summed E-state index contributed by atoms with van der Waals surface area (Å²) in [5, 5.41) is 15.8. The van der Waals surface area contributed by atoms with Crippen molar-refractivity contribution in [1.82, 2.24) is 0 Å². The predicted molar refractivity (Wildman–Crippen MR) is 95.7 cm³/mol. The fraction of sp³-hybridized carbons (Fsp3) is 0.667. The maximum absolute atomic E-state index is 9.45. The van der Waals surface area contributed by atoms with Crippen molar-refractivity contribution in [3.8, 4) is 0 Å². The Labute approximate surface area is 324 Å². The fourth-order valence-electron chi connectivity index (χ4n) is 0. The van der Waals surface area contributed by atoms with Gasteiger partial charge < -0.3 is 56.7 Å². The van der Waals surface area contributed by atoms with E-state index in [1.54, 1.807) is 0 Å². The van der Waals surface area contributed by atoms with E-state index in [-0.39, 0.29) is 244 Å². The molecule has 0 heterocycles. The van der Waals surface area contributed by atoms with Crippen LogP contribution in [0.15, 0.2) is 0 Å². The van der Waals surface area contributed by atoms with Crippen molar-refractivity contribution >= 4 is 248 Å². The van der Waals surface area contributed by atoms with Crippen LogP contribution in [0.4, 0.5) is 0 Å². The number of rotatable bonds is 1. The molecule has 19 heteroatoms. The smallest absolute Gasteiger partial charge is 1.00 e. The van der Waals surface area contributed by atoms with Crippen molar-refractivity contribution in [3.05, 3.63) is 0 Å². The van der Waals surface area contributed by atoms with E-state index in [0.717, 1.165) is 0 Å². The van der Waals surface area contributed by atoms with Crippen molar-refractivity contribution in [2.24, 2.45) is 0 Å². The van der Waals surface area contributed by atoms with Crippen LogP contribution in [0, 0.1) is 0 Å². The van der Waals surface area contributed by atoms with Crippen molar-refractivity contribution in [1.29, 1.82) is 0 Å². The van der Waals surface area contributed by atoms with Gasteiger partial charge in [0.1, 0.15) is 6.10 Å². The molecule has 0 aliphatic carbocycles. The van der Waals surface area contributed by atoms with Gasteiger partial charge in [0.15, 0.2) is 0 Å². The minimum atomic E-state index is -4.64. The molecule has 1 unspecified atom stereocenters. The molecule has 0 spiro atoms. The van der Waals surface area contributed by atoms with Crippen LogP contribution in [-0.2, 0) is 13.9 Å². The van der Waals surface area contributed by atoms with Gasteiger partial charge in [0.05, 0.1) is 0 Å². The van der Waals surface area contributed by atoms with Gasteiger partial charge >= 0.3 is 248 Å². The first-order valence-electron chi connectivity index (χ1n) is 3.12. The molecule has 8 N–H and O–H groups in total. The number of hydrogen-bond donors (Lipinski definition) is 8. The number of hydrogen-bond acceptors (Lipinski definition) is 4. The van der Waals surface area contributed by atoms with Crippen LogP contribution in [0.1, 0.15) is 24.0 Å². The van der Waals surface area contributed by atoms with Crippen molar-refractivity contribution in [3.63, 3.8) is 0 Å². The predicted octanol–water partition coefficient (Wildman–Crippen LogP) is -3.34. The van der Waals surface area contributed by atoms with Crippen molar-refractivity contribution in [2.45, 2.75) is 13.0 Å². The van der Waals surface area contributed by atoms with Crippen LogP contribution in [0.25, 0.3) is 0 Å². The maximum Gasteiger partial charge on any atom is 2.00 e. The summed E-state index contributed by atoms with van der Waals surface area (Å²) in [6.45, 7) is 1.20. The zero-order valence-corrected chi connectivity index (χ0v) is 27.1. The zero-order valence-electron chi connectivity index (χ0n) is 24.0. The Bertz CT molecular complexity index is 285. The van der Waals surface area contributed by atoms with Crippen LogP contribution in [0.2, 0.25) is 0 Å². The second-order valence-electron chi connectivity index (χ2n) is 2.04. The Morgan fingerprint density at radius 1 is 0.773 bits per heavy atom. The second-order valence-corrected chi connectivity index (χ2v) is 4.09. The van der Waals surface area contributed by atoms with Crippen LogP contribution >= 0.6 is 15.6 Å². The van der Waals surface area contributed by atoms with E-state index in [4.69, 9.17) is 48.7 Å². The number of aliphatic hydroxyl groups is 1. The van der Waals surface area contributed by atoms with Gasteiger partial charge in [-0.05, 0) is 6.92 Å². The molecule has 0 amide bonds. The molecular formula is C3H24Ca6O11P2. The monoisotopic (exact) mass is 538 g/mol. The van der Waals surface area contributed by atoms with Crippen LogP contribution in [0.3, 0.4) is 0 Å². The largest absolute Gasteiger partial charge is 2.00 e. The molecule has 0 aliphatic heterocycles. The van der Waals surface area contributed by atoms with Gasteiger partial charge in [-0.2, -0.15) is 0 Å². The van der Waals surface area contributed by atoms with Gasteiger partial charge in [-0.1, -0.05) is 0 Å². The Balaban J connectivity index is -0.00000000311. The van der Waals surface area contributed by atoms with Crippen molar-refractivity contribution < 1.29 is 70.6 Å². The zero-order chi connectivity index (χ0) is 14.2. The average molecular weight is 539 g/mol. The molecule has 0 fully saturated rings. The molecular weight excluding hydrogens is 514 g/mol. The summed E-state index contributed by atoms with van der Waals surface area (Å²) < 4.78 is 17.8. The van der Waals surface area contributed by atoms with Gasteiger partial charge in [0.25, 0.3) is 0 Å². The number of carbonyl (C=O) groups is 1. The summed E-state index contributed by atoms with van der Waals surface area (Å²) in [6, 6.07) is 0. The van der Waals surface area contributed by atoms with Gasteiger partial charge in [0, 0.05) is 0 Å². The Morgan fingerprint density at radius 3 is 0.818 bits per heavy atom. The Morgan fingerprint density at radius 2 is 0.818 bits per heavy atom. The first kappa shape index (κ1) is 56.9. The van der Waals surface area contributed by atoms with E-state index in [9.17, 15) is 4.79 Å². The number of phosphoric acid groups is 2. The van der Waals surface area contributed by atoms with Crippen LogP contribution in [-0.4, -0.2) is 278 Å². The van der Waals surface area contributed by atoms with E-state index < -0.39 is 27.7 Å². The molecule has 1 atom stereocenters. The Kier molecular flexibility index (Phi) is 85.0. The topological polar surface area (TPSA) is 213 Å². The molecule has 0 aliphatic rings. The van der Waals surface area contributed by atoms with E-state index in [1.165, 1.54) is 6.92 Å². The van der Waals surface area contributed by atoms with Gasteiger partial charge in [-0.15, -0.1) is 0 Å². The molecule has 0 aromatic carbocycles. The molecule has 0 aromatic rings. The summed E-state index contributed by atoms with van der Waals surface area (Å²) in [4.78, 5) is 52.6. The molecule has 22 heavy (non-hydrogen) atoms. The normalized spacial score (nSPS) is 9.09. The SMILES string of the molecule is CC(O)C(=O)O.O=P(O)(O)O.O=P(O)(O)O.[Ca+2].[Ca+2].[Ca+2].[Ca+2].[Ca+2].[Ca+2].[H-].[H-].[H-].[H-].[H-].[H-].[H-].[H-].[H-].[H-].[H-].[H-]. The summed E-state index contributed by atoms with van der Waals surface area (Å²) in [7, 11) is -9.28.